The first-order chi connectivity index (χ1) is 15.6. The van der Waals surface area contributed by atoms with Gasteiger partial charge in [-0.25, -0.2) is 13.8 Å². The number of carbonyl (C=O) groups excluding carboxylic acids is 1. The Bertz CT molecular complexity index is 1090. The number of rotatable bonds is 11. The Balaban J connectivity index is 2.15. The molecule has 1 atom stereocenters. The number of nitrogens with zero attached hydrogens (tertiary/aromatic N) is 1. The third kappa shape index (κ3) is 7.55. The van der Waals surface area contributed by atoms with E-state index in [1.54, 1.807) is 38.1 Å². The zero-order chi connectivity index (χ0) is 24.6. The Morgan fingerprint density at radius 3 is 2.33 bits per heavy atom. The lowest BCUT2D eigenvalue weighted by Crippen LogP contribution is -2.48. The molecule has 0 saturated carbocycles. The Hall–Kier alpha value is -2.43. The molecule has 0 bridgehead atoms. The summed E-state index contributed by atoms with van der Waals surface area (Å²) in [6, 6.07) is 8.94. The van der Waals surface area contributed by atoms with E-state index in [9.17, 15) is 13.2 Å². The molecule has 33 heavy (non-hydrogen) atoms. The van der Waals surface area contributed by atoms with Gasteiger partial charge in [0.2, 0.25) is 10.0 Å². The van der Waals surface area contributed by atoms with Crippen molar-refractivity contribution in [3.8, 4) is 11.5 Å². The summed E-state index contributed by atoms with van der Waals surface area (Å²) in [6.45, 7) is 10.1. The Morgan fingerprint density at radius 1 is 1.12 bits per heavy atom. The first kappa shape index (κ1) is 26.8. The van der Waals surface area contributed by atoms with Gasteiger partial charge >= 0.3 is 0 Å². The van der Waals surface area contributed by atoms with Crippen LogP contribution in [0.2, 0.25) is 0 Å². The summed E-state index contributed by atoms with van der Waals surface area (Å²) < 4.78 is 39.8. The van der Waals surface area contributed by atoms with Crippen molar-refractivity contribution in [2.24, 2.45) is 11.0 Å². The number of ether oxygens (including phenoxy) is 2. The number of hydrogen-bond donors (Lipinski definition) is 2. The number of hydrazone groups is 1. The van der Waals surface area contributed by atoms with E-state index in [1.165, 1.54) is 18.3 Å². The Morgan fingerprint density at radius 2 is 1.76 bits per heavy atom. The molecule has 0 aliphatic rings. The maximum atomic E-state index is 12.7. The molecular formula is C23H30BrN3O5S. The van der Waals surface area contributed by atoms with Gasteiger partial charge in [-0.3, -0.25) is 4.79 Å². The summed E-state index contributed by atoms with van der Waals surface area (Å²) in [5.41, 5.74) is 4.02. The predicted molar refractivity (Wildman–Crippen MR) is 132 cm³/mol. The zero-order valence-corrected chi connectivity index (χ0v) is 21.8. The van der Waals surface area contributed by atoms with Crippen molar-refractivity contribution in [3.63, 3.8) is 0 Å². The second-order valence-corrected chi connectivity index (χ2v) is 10.2. The third-order valence-corrected chi connectivity index (χ3v) is 6.62. The number of sulfonamides is 1. The average molecular weight is 540 g/mol. The van der Waals surface area contributed by atoms with Crippen LogP contribution in [-0.4, -0.2) is 39.8 Å². The number of nitrogens with one attached hydrogen (secondary N) is 2. The molecule has 8 nitrogen and oxygen atoms in total. The van der Waals surface area contributed by atoms with Gasteiger partial charge in [-0.05, 0) is 72.4 Å². The molecule has 0 aliphatic carbocycles. The SMILES string of the molecule is CCOc1cc(/C=N\NC(=O)[C@H](NS(=O)(=O)c2ccc(C)cc2)C(C)C)cc(Br)c1OCC. The number of aryl methyl sites for hydroxylation is 1. The van der Waals surface area contributed by atoms with E-state index in [4.69, 9.17) is 9.47 Å². The second kappa shape index (κ2) is 12.2. The van der Waals surface area contributed by atoms with Gasteiger partial charge in [-0.1, -0.05) is 31.5 Å². The maximum absolute atomic E-state index is 12.7. The van der Waals surface area contributed by atoms with E-state index >= 15 is 0 Å². The summed E-state index contributed by atoms with van der Waals surface area (Å²) in [5.74, 6) is 0.273. The van der Waals surface area contributed by atoms with Gasteiger partial charge in [0.25, 0.3) is 5.91 Å². The summed E-state index contributed by atoms with van der Waals surface area (Å²) in [5, 5.41) is 4.00. The van der Waals surface area contributed by atoms with E-state index in [-0.39, 0.29) is 10.8 Å². The lowest BCUT2D eigenvalue weighted by molar-refractivity contribution is -0.123. The monoisotopic (exact) mass is 539 g/mol. The van der Waals surface area contributed by atoms with Gasteiger partial charge in [-0.15, -0.1) is 0 Å². The molecule has 0 aliphatic heterocycles. The molecule has 0 unspecified atom stereocenters. The summed E-state index contributed by atoms with van der Waals surface area (Å²) >= 11 is 3.46. The van der Waals surface area contributed by atoms with Crippen molar-refractivity contribution >= 4 is 38.1 Å². The minimum absolute atomic E-state index is 0.0951. The summed E-state index contributed by atoms with van der Waals surface area (Å²) in [6.07, 6.45) is 1.45. The molecular weight excluding hydrogens is 510 g/mol. The first-order valence-corrected chi connectivity index (χ1v) is 12.9. The molecule has 180 valence electrons. The number of amides is 1. The van der Waals surface area contributed by atoms with Gasteiger partial charge in [0, 0.05) is 0 Å². The molecule has 2 aromatic carbocycles. The van der Waals surface area contributed by atoms with Crippen molar-refractivity contribution in [1.29, 1.82) is 0 Å². The molecule has 10 heteroatoms. The fourth-order valence-electron chi connectivity index (χ4n) is 2.89. The van der Waals surface area contributed by atoms with Crippen LogP contribution in [0.15, 0.2) is 50.9 Å². The van der Waals surface area contributed by atoms with Crippen LogP contribution in [0.3, 0.4) is 0 Å². The van der Waals surface area contributed by atoms with Crippen molar-refractivity contribution in [1.82, 2.24) is 10.1 Å². The summed E-state index contributed by atoms with van der Waals surface area (Å²) in [7, 11) is -3.87. The van der Waals surface area contributed by atoms with Crippen LogP contribution in [0, 0.1) is 12.8 Å². The summed E-state index contributed by atoms with van der Waals surface area (Å²) in [4.78, 5) is 12.8. The lowest BCUT2D eigenvalue weighted by Gasteiger charge is -2.20. The quantitative estimate of drug-likeness (QED) is 0.331. The Kier molecular flexibility index (Phi) is 9.87. The van der Waals surface area contributed by atoms with E-state index < -0.39 is 22.0 Å². The molecule has 0 fully saturated rings. The third-order valence-electron chi connectivity index (χ3n) is 4.57. The number of benzene rings is 2. The highest BCUT2D eigenvalue weighted by atomic mass is 79.9. The predicted octanol–water partition coefficient (Wildman–Crippen LogP) is 4.01. The molecule has 0 aromatic heterocycles. The molecule has 0 heterocycles. The van der Waals surface area contributed by atoms with Crippen molar-refractivity contribution in [2.45, 2.75) is 45.6 Å². The number of hydrogen-bond acceptors (Lipinski definition) is 6. The van der Waals surface area contributed by atoms with E-state index in [0.717, 1.165) is 5.56 Å². The highest BCUT2D eigenvalue weighted by Gasteiger charge is 2.28. The van der Waals surface area contributed by atoms with Gasteiger partial charge in [-0.2, -0.15) is 9.82 Å². The highest BCUT2D eigenvalue weighted by molar-refractivity contribution is 9.10. The van der Waals surface area contributed by atoms with Gasteiger partial charge in [0.15, 0.2) is 11.5 Å². The maximum Gasteiger partial charge on any atom is 0.258 e. The fraction of sp³-hybridized carbons (Fsp3) is 0.391. The van der Waals surface area contributed by atoms with Gasteiger partial charge in [0.05, 0.1) is 28.8 Å². The van der Waals surface area contributed by atoms with Crippen molar-refractivity contribution in [3.05, 3.63) is 52.0 Å². The molecule has 0 spiro atoms. The Labute approximate surface area is 203 Å². The minimum atomic E-state index is -3.87. The lowest BCUT2D eigenvalue weighted by atomic mass is 10.1. The minimum Gasteiger partial charge on any atom is -0.490 e. The van der Waals surface area contributed by atoms with Gasteiger partial charge in [0.1, 0.15) is 6.04 Å². The molecule has 0 radical (unpaired) electrons. The average Bonchev–Trinajstić information content (AvgIpc) is 2.74. The molecule has 2 N–H and O–H groups in total. The van der Waals surface area contributed by atoms with Crippen LogP contribution in [0.5, 0.6) is 11.5 Å². The molecule has 2 rings (SSSR count). The van der Waals surface area contributed by atoms with Gasteiger partial charge < -0.3 is 9.47 Å². The van der Waals surface area contributed by atoms with Crippen LogP contribution in [0.1, 0.15) is 38.8 Å². The largest absolute Gasteiger partial charge is 0.490 e. The van der Waals surface area contributed by atoms with Crippen molar-refractivity contribution < 1.29 is 22.7 Å². The highest BCUT2D eigenvalue weighted by Crippen LogP contribution is 2.36. The van der Waals surface area contributed by atoms with Crippen LogP contribution in [0.4, 0.5) is 0 Å². The van der Waals surface area contributed by atoms with E-state index in [2.05, 4.69) is 31.2 Å². The van der Waals surface area contributed by atoms with Crippen LogP contribution in [0.25, 0.3) is 0 Å². The van der Waals surface area contributed by atoms with E-state index in [1.807, 2.05) is 20.8 Å². The van der Waals surface area contributed by atoms with Crippen LogP contribution < -0.4 is 19.6 Å². The van der Waals surface area contributed by atoms with Crippen LogP contribution >= 0.6 is 15.9 Å². The number of halogens is 1. The normalized spacial score (nSPS) is 12.7. The standard InChI is InChI=1S/C23H30BrN3O5S/c1-6-31-20-13-17(12-19(24)22(20)32-7-2)14-25-26-23(28)21(15(3)4)27-33(29,30)18-10-8-16(5)9-11-18/h8-15,21,27H,6-7H2,1-5H3,(H,26,28)/b25-14-/t21-/m1/s1. The van der Waals surface area contributed by atoms with E-state index in [0.29, 0.717) is 34.7 Å². The first-order valence-electron chi connectivity index (χ1n) is 10.6. The second-order valence-electron chi connectivity index (χ2n) is 7.59. The topological polar surface area (TPSA) is 106 Å². The zero-order valence-electron chi connectivity index (χ0n) is 19.4. The molecule has 0 saturated heterocycles. The van der Waals surface area contributed by atoms with Crippen molar-refractivity contribution in [2.75, 3.05) is 13.2 Å². The smallest absolute Gasteiger partial charge is 0.258 e. The van der Waals surface area contributed by atoms with Crippen LogP contribution in [-0.2, 0) is 14.8 Å². The fourth-order valence-corrected chi connectivity index (χ4v) is 4.81. The molecule has 2 aromatic rings. The number of carbonyl (C=O) groups is 1. The molecule has 1 amide bonds.